The van der Waals surface area contributed by atoms with Crippen LogP contribution >= 0.6 is 35.3 Å². The van der Waals surface area contributed by atoms with E-state index in [1.165, 1.54) is 4.88 Å². The number of aliphatic imine (C=N–C) groups is 1. The van der Waals surface area contributed by atoms with Gasteiger partial charge in [0.05, 0.1) is 10.7 Å². The molecule has 1 aliphatic rings. The molecule has 1 aromatic heterocycles. The Morgan fingerprint density at radius 2 is 2.00 bits per heavy atom. The Balaban J connectivity index is 0.00000338. The van der Waals surface area contributed by atoms with Gasteiger partial charge in [-0.15, -0.1) is 35.3 Å². The summed E-state index contributed by atoms with van der Waals surface area (Å²) in [6.07, 6.45) is 4.23. The van der Waals surface area contributed by atoms with Crippen molar-refractivity contribution in [2.24, 2.45) is 10.9 Å². The number of aromatic nitrogens is 1. The van der Waals surface area contributed by atoms with Crippen LogP contribution in [0.15, 0.2) is 4.99 Å². The summed E-state index contributed by atoms with van der Waals surface area (Å²) in [5, 5.41) is 7.84. The first kappa shape index (κ1) is 23.6. The van der Waals surface area contributed by atoms with Crippen molar-refractivity contribution in [3.63, 3.8) is 0 Å². The molecule has 150 valence electrons. The minimum absolute atomic E-state index is 0. The van der Waals surface area contributed by atoms with Crippen LogP contribution in [-0.4, -0.2) is 57.5 Å². The van der Waals surface area contributed by atoms with E-state index < -0.39 is 0 Å². The van der Waals surface area contributed by atoms with Gasteiger partial charge in [-0.3, -0.25) is 4.99 Å². The summed E-state index contributed by atoms with van der Waals surface area (Å²) >= 11 is 1.78. The summed E-state index contributed by atoms with van der Waals surface area (Å²) in [5.74, 6) is 1.53. The standard InChI is InChI=1S/C18H32N4O2S.HI/c1-14-17(25-15(2)22-14)5-9-21-18(19-3)20-8-4-10-24-13-16-6-11-23-12-7-16;/h16H,4-13H2,1-3H3,(H2,19,20,21);1H. The molecule has 1 saturated heterocycles. The van der Waals surface area contributed by atoms with Crippen LogP contribution in [0.1, 0.15) is 34.8 Å². The number of ether oxygens (including phenoxy) is 2. The summed E-state index contributed by atoms with van der Waals surface area (Å²) in [4.78, 5) is 10.1. The van der Waals surface area contributed by atoms with Crippen molar-refractivity contribution in [2.45, 2.75) is 39.5 Å². The maximum absolute atomic E-state index is 5.78. The van der Waals surface area contributed by atoms with Gasteiger partial charge in [0.25, 0.3) is 0 Å². The molecule has 2 heterocycles. The lowest BCUT2D eigenvalue weighted by atomic mass is 10.0. The van der Waals surface area contributed by atoms with E-state index in [9.17, 15) is 0 Å². The fraction of sp³-hybridized carbons (Fsp3) is 0.778. The smallest absolute Gasteiger partial charge is 0.190 e. The molecule has 0 radical (unpaired) electrons. The molecule has 0 saturated carbocycles. The zero-order valence-corrected chi connectivity index (χ0v) is 19.3. The Kier molecular flexibility index (Phi) is 12.4. The quantitative estimate of drug-likeness (QED) is 0.238. The van der Waals surface area contributed by atoms with E-state index >= 15 is 0 Å². The minimum Gasteiger partial charge on any atom is -0.381 e. The van der Waals surface area contributed by atoms with Gasteiger partial charge in [0.2, 0.25) is 0 Å². The van der Waals surface area contributed by atoms with Crippen molar-refractivity contribution in [1.82, 2.24) is 15.6 Å². The average molecular weight is 496 g/mol. The van der Waals surface area contributed by atoms with Gasteiger partial charge in [0, 0.05) is 57.9 Å². The van der Waals surface area contributed by atoms with Crippen LogP contribution in [0.3, 0.4) is 0 Å². The molecule has 0 aromatic carbocycles. The number of nitrogens with zero attached hydrogens (tertiary/aromatic N) is 2. The number of thiazole rings is 1. The summed E-state index contributed by atoms with van der Waals surface area (Å²) < 4.78 is 11.1. The molecule has 1 aliphatic heterocycles. The van der Waals surface area contributed by atoms with Gasteiger partial charge >= 0.3 is 0 Å². The number of halogens is 1. The summed E-state index contributed by atoms with van der Waals surface area (Å²) in [7, 11) is 1.80. The Bertz CT molecular complexity index is 533. The van der Waals surface area contributed by atoms with Crippen LogP contribution in [0.25, 0.3) is 0 Å². The first-order chi connectivity index (χ1) is 12.2. The van der Waals surface area contributed by atoms with Crippen molar-refractivity contribution in [3.05, 3.63) is 15.6 Å². The third kappa shape index (κ3) is 8.96. The minimum atomic E-state index is 0. The van der Waals surface area contributed by atoms with Gasteiger partial charge in [-0.1, -0.05) is 0 Å². The first-order valence-corrected chi connectivity index (χ1v) is 10.0. The third-order valence-corrected chi connectivity index (χ3v) is 5.45. The lowest BCUT2D eigenvalue weighted by Gasteiger charge is -2.21. The Morgan fingerprint density at radius 3 is 2.65 bits per heavy atom. The predicted molar refractivity (Wildman–Crippen MR) is 119 cm³/mol. The van der Waals surface area contributed by atoms with Crippen molar-refractivity contribution in [1.29, 1.82) is 0 Å². The van der Waals surface area contributed by atoms with Gasteiger partial charge in [0.15, 0.2) is 5.96 Å². The number of guanidine groups is 1. The molecule has 8 heteroatoms. The molecule has 1 aromatic rings. The summed E-state index contributed by atoms with van der Waals surface area (Å²) in [5.41, 5.74) is 1.15. The fourth-order valence-corrected chi connectivity index (χ4v) is 3.80. The molecule has 0 unspecified atom stereocenters. The summed E-state index contributed by atoms with van der Waals surface area (Å²) in [6, 6.07) is 0. The van der Waals surface area contributed by atoms with E-state index in [0.717, 1.165) is 81.9 Å². The first-order valence-electron chi connectivity index (χ1n) is 9.22. The zero-order chi connectivity index (χ0) is 17.9. The second kappa shape index (κ2) is 13.7. The van der Waals surface area contributed by atoms with Gasteiger partial charge in [0.1, 0.15) is 0 Å². The number of nitrogens with one attached hydrogen (secondary N) is 2. The van der Waals surface area contributed by atoms with Gasteiger partial charge in [-0.2, -0.15) is 0 Å². The number of hydrogen-bond donors (Lipinski definition) is 2. The number of rotatable bonds is 9. The average Bonchev–Trinajstić information content (AvgIpc) is 2.94. The van der Waals surface area contributed by atoms with E-state index in [-0.39, 0.29) is 24.0 Å². The number of aryl methyl sites for hydroxylation is 2. The van der Waals surface area contributed by atoms with Crippen LogP contribution in [0.4, 0.5) is 0 Å². The number of hydrogen-bond acceptors (Lipinski definition) is 5. The van der Waals surface area contributed by atoms with Gasteiger partial charge in [-0.25, -0.2) is 4.98 Å². The maximum Gasteiger partial charge on any atom is 0.190 e. The van der Waals surface area contributed by atoms with E-state index in [0.29, 0.717) is 5.92 Å². The molecule has 2 rings (SSSR count). The van der Waals surface area contributed by atoms with Gasteiger partial charge in [-0.05, 0) is 39.0 Å². The van der Waals surface area contributed by atoms with Crippen molar-refractivity contribution in [3.8, 4) is 0 Å². The monoisotopic (exact) mass is 496 g/mol. The van der Waals surface area contributed by atoms with Crippen LogP contribution in [0.5, 0.6) is 0 Å². The van der Waals surface area contributed by atoms with Crippen LogP contribution in [-0.2, 0) is 15.9 Å². The molecule has 2 N–H and O–H groups in total. The highest BCUT2D eigenvalue weighted by Gasteiger charge is 2.13. The van der Waals surface area contributed by atoms with Gasteiger partial charge < -0.3 is 20.1 Å². The molecular weight excluding hydrogens is 463 g/mol. The highest BCUT2D eigenvalue weighted by molar-refractivity contribution is 14.0. The van der Waals surface area contributed by atoms with E-state index in [2.05, 4.69) is 34.5 Å². The molecular formula is C18H33IN4O2S. The second-order valence-corrected chi connectivity index (χ2v) is 7.69. The highest BCUT2D eigenvalue weighted by Crippen LogP contribution is 2.17. The molecule has 0 aliphatic carbocycles. The molecule has 0 atom stereocenters. The largest absolute Gasteiger partial charge is 0.381 e. The maximum atomic E-state index is 5.78. The van der Waals surface area contributed by atoms with Crippen molar-refractivity contribution >= 4 is 41.3 Å². The Morgan fingerprint density at radius 1 is 1.27 bits per heavy atom. The fourth-order valence-electron chi connectivity index (χ4n) is 2.86. The molecule has 26 heavy (non-hydrogen) atoms. The third-order valence-electron chi connectivity index (χ3n) is 4.32. The van der Waals surface area contributed by atoms with Crippen LogP contribution < -0.4 is 10.6 Å². The van der Waals surface area contributed by atoms with E-state index in [1.54, 1.807) is 18.4 Å². The molecule has 0 spiro atoms. The molecule has 1 fully saturated rings. The molecule has 6 nitrogen and oxygen atoms in total. The van der Waals surface area contributed by atoms with E-state index in [4.69, 9.17) is 9.47 Å². The molecule has 0 amide bonds. The predicted octanol–water partition coefficient (Wildman–Crippen LogP) is 2.92. The van der Waals surface area contributed by atoms with E-state index in [1.807, 2.05) is 0 Å². The molecule has 0 bridgehead atoms. The Labute approximate surface area is 178 Å². The van der Waals surface area contributed by atoms with Crippen LogP contribution in [0, 0.1) is 19.8 Å². The SMILES string of the molecule is CN=C(NCCCOCC1CCOCC1)NCCc1sc(C)nc1C.I. The van der Waals surface area contributed by atoms with Crippen molar-refractivity contribution in [2.75, 3.05) is 46.6 Å². The Hall–Kier alpha value is -0.450. The topological polar surface area (TPSA) is 67.8 Å². The zero-order valence-electron chi connectivity index (χ0n) is 16.2. The highest BCUT2D eigenvalue weighted by atomic mass is 127. The second-order valence-electron chi connectivity index (χ2n) is 6.40. The summed E-state index contributed by atoms with van der Waals surface area (Å²) in [6.45, 7) is 9.29. The van der Waals surface area contributed by atoms with Crippen molar-refractivity contribution < 1.29 is 9.47 Å². The lowest BCUT2D eigenvalue weighted by molar-refractivity contribution is 0.0203. The normalized spacial score (nSPS) is 15.6. The lowest BCUT2D eigenvalue weighted by Crippen LogP contribution is -2.39. The van der Waals surface area contributed by atoms with Crippen LogP contribution in [0.2, 0.25) is 0 Å².